The monoisotopic (exact) mass is 494 g/mol. The zero-order valence-corrected chi connectivity index (χ0v) is 22.5. The number of nitrogens with zero attached hydrogens (tertiary/aromatic N) is 2. The minimum absolute atomic E-state index is 0.802. The van der Waals surface area contributed by atoms with Gasteiger partial charge in [0.25, 0.3) is 0 Å². The zero-order chi connectivity index (χ0) is 26.0. The molecule has 0 aliphatic rings. The molecule has 0 amide bonds. The van der Waals surface area contributed by atoms with Crippen LogP contribution in [0.1, 0.15) is 39.5 Å². The van der Waals surface area contributed by atoms with Crippen molar-refractivity contribution in [1.82, 2.24) is 4.98 Å². The fourth-order valence-electron chi connectivity index (χ4n) is 4.62. The standard InChI is InChI=1S/C33H38N2O2/c1-5-7-21-35(22-8-6-2)27-19-17-25(18-20-27)26-23-30(28-13-9-11-15-32(28)36-3)34-31(24-26)29-14-10-12-16-33(29)37-4/h9-20,23-24H,5-8,21-22H2,1-4H3. The molecule has 0 N–H and O–H groups in total. The van der Waals surface area contributed by atoms with Crippen molar-refractivity contribution in [3.63, 3.8) is 0 Å². The highest BCUT2D eigenvalue weighted by atomic mass is 16.5. The summed E-state index contributed by atoms with van der Waals surface area (Å²) in [5.41, 5.74) is 7.21. The second-order valence-corrected chi connectivity index (χ2v) is 9.27. The van der Waals surface area contributed by atoms with E-state index in [-0.39, 0.29) is 0 Å². The smallest absolute Gasteiger partial charge is 0.128 e. The molecule has 0 fully saturated rings. The molecule has 0 aliphatic heterocycles. The summed E-state index contributed by atoms with van der Waals surface area (Å²) in [6.07, 6.45) is 4.82. The van der Waals surface area contributed by atoms with Crippen molar-refractivity contribution >= 4 is 5.69 Å². The summed E-state index contributed by atoms with van der Waals surface area (Å²) in [5.74, 6) is 1.60. The fourth-order valence-corrected chi connectivity index (χ4v) is 4.62. The van der Waals surface area contributed by atoms with Crippen LogP contribution < -0.4 is 14.4 Å². The van der Waals surface area contributed by atoms with Crippen LogP contribution in [0.15, 0.2) is 84.9 Å². The van der Waals surface area contributed by atoms with Crippen LogP contribution in [-0.4, -0.2) is 32.3 Å². The normalized spacial score (nSPS) is 10.8. The maximum atomic E-state index is 5.67. The lowest BCUT2D eigenvalue weighted by Crippen LogP contribution is -2.25. The number of methoxy groups -OCH3 is 2. The van der Waals surface area contributed by atoms with Crippen LogP contribution in [0.25, 0.3) is 33.6 Å². The lowest BCUT2D eigenvalue weighted by atomic mass is 9.99. The van der Waals surface area contributed by atoms with Gasteiger partial charge in [-0.05, 0) is 72.5 Å². The molecule has 1 heterocycles. The number of para-hydroxylation sites is 2. The van der Waals surface area contributed by atoms with Gasteiger partial charge in [-0.2, -0.15) is 0 Å². The number of pyridine rings is 1. The average molecular weight is 495 g/mol. The third kappa shape index (κ3) is 6.32. The summed E-state index contributed by atoms with van der Waals surface area (Å²) in [6.45, 7) is 6.70. The molecule has 4 rings (SSSR count). The highest BCUT2D eigenvalue weighted by molar-refractivity contribution is 5.80. The lowest BCUT2D eigenvalue weighted by Gasteiger charge is -2.25. The molecule has 0 aliphatic carbocycles. The van der Waals surface area contributed by atoms with Crippen molar-refractivity contribution in [2.75, 3.05) is 32.2 Å². The van der Waals surface area contributed by atoms with Gasteiger partial charge in [-0.15, -0.1) is 0 Å². The third-order valence-corrected chi connectivity index (χ3v) is 6.72. The van der Waals surface area contributed by atoms with E-state index in [1.807, 2.05) is 36.4 Å². The van der Waals surface area contributed by atoms with Crippen LogP contribution in [0, 0.1) is 0 Å². The minimum Gasteiger partial charge on any atom is -0.496 e. The van der Waals surface area contributed by atoms with Crippen molar-refractivity contribution < 1.29 is 9.47 Å². The van der Waals surface area contributed by atoms with E-state index in [9.17, 15) is 0 Å². The zero-order valence-electron chi connectivity index (χ0n) is 22.5. The molecule has 0 radical (unpaired) electrons. The first-order chi connectivity index (χ1) is 18.2. The Morgan fingerprint density at radius 1 is 0.622 bits per heavy atom. The molecule has 3 aromatic carbocycles. The van der Waals surface area contributed by atoms with Crippen LogP contribution in [0.5, 0.6) is 11.5 Å². The molecule has 0 unspecified atom stereocenters. The SMILES string of the molecule is CCCCN(CCCC)c1ccc(-c2cc(-c3ccccc3OC)nc(-c3ccccc3OC)c2)cc1. The molecule has 0 spiro atoms. The van der Waals surface area contributed by atoms with E-state index >= 15 is 0 Å². The van der Waals surface area contributed by atoms with E-state index in [2.05, 4.69) is 67.3 Å². The predicted octanol–water partition coefficient (Wildman–Crippen LogP) is 8.51. The largest absolute Gasteiger partial charge is 0.496 e. The second-order valence-electron chi connectivity index (χ2n) is 9.27. The summed E-state index contributed by atoms with van der Waals surface area (Å²) >= 11 is 0. The van der Waals surface area contributed by atoms with Gasteiger partial charge in [0.05, 0.1) is 25.6 Å². The predicted molar refractivity (Wildman–Crippen MR) is 156 cm³/mol. The second kappa shape index (κ2) is 13.0. The molecule has 1 aromatic heterocycles. The van der Waals surface area contributed by atoms with Crippen LogP contribution in [-0.2, 0) is 0 Å². The number of rotatable bonds is 12. The molecule has 0 saturated carbocycles. The molecule has 4 nitrogen and oxygen atoms in total. The van der Waals surface area contributed by atoms with E-state index in [1.54, 1.807) is 14.2 Å². The quantitative estimate of drug-likeness (QED) is 0.198. The Kier molecular flexibility index (Phi) is 9.20. The fraction of sp³-hybridized carbons (Fsp3) is 0.303. The molecule has 0 bridgehead atoms. The summed E-state index contributed by atoms with van der Waals surface area (Å²) < 4.78 is 11.3. The molecule has 4 heteroatoms. The summed E-state index contributed by atoms with van der Waals surface area (Å²) in [6, 6.07) is 29.3. The van der Waals surface area contributed by atoms with Crippen molar-refractivity contribution in [2.45, 2.75) is 39.5 Å². The molecular formula is C33H38N2O2. The molecule has 37 heavy (non-hydrogen) atoms. The van der Waals surface area contributed by atoms with Crippen LogP contribution in [0.2, 0.25) is 0 Å². The van der Waals surface area contributed by atoms with E-state index in [1.165, 1.54) is 31.4 Å². The maximum Gasteiger partial charge on any atom is 0.128 e. The molecule has 0 saturated heterocycles. The first-order valence-corrected chi connectivity index (χ1v) is 13.3. The topological polar surface area (TPSA) is 34.6 Å². The van der Waals surface area contributed by atoms with Gasteiger partial charge in [-0.25, -0.2) is 4.98 Å². The Labute approximate surface area is 221 Å². The number of aromatic nitrogens is 1. The van der Waals surface area contributed by atoms with Gasteiger partial charge >= 0.3 is 0 Å². The van der Waals surface area contributed by atoms with Crippen molar-refractivity contribution in [2.24, 2.45) is 0 Å². The van der Waals surface area contributed by atoms with Gasteiger partial charge in [-0.3, -0.25) is 0 Å². The van der Waals surface area contributed by atoms with Crippen LogP contribution >= 0.6 is 0 Å². The Hall–Kier alpha value is -3.79. The molecular weight excluding hydrogens is 456 g/mol. The van der Waals surface area contributed by atoms with Crippen LogP contribution in [0.4, 0.5) is 5.69 Å². The number of anilines is 1. The Morgan fingerprint density at radius 2 is 1.11 bits per heavy atom. The Morgan fingerprint density at radius 3 is 1.57 bits per heavy atom. The van der Waals surface area contributed by atoms with E-state index in [0.29, 0.717) is 0 Å². The van der Waals surface area contributed by atoms with E-state index in [4.69, 9.17) is 14.5 Å². The highest BCUT2D eigenvalue weighted by Crippen LogP contribution is 2.37. The lowest BCUT2D eigenvalue weighted by molar-refractivity contribution is 0.416. The highest BCUT2D eigenvalue weighted by Gasteiger charge is 2.15. The van der Waals surface area contributed by atoms with Gasteiger partial charge < -0.3 is 14.4 Å². The van der Waals surface area contributed by atoms with E-state index < -0.39 is 0 Å². The summed E-state index contributed by atoms with van der Waals surface area (Å²) in [5, 5.41) is 0. The maximum absolute atomic E-state index is 5.67. The van der Waals surface area contributed by atoms with Crippen LogP contribution in [0.3, 0.4) is 0 Å². The number of unbranched alkanes of at least 4 members (excludes halogenated alkanes) is 2. The van der Waals surface area contributed by atoms with Gasteiger partial charge in [0.2, 0.25) is 0 Å². The Bertz CT molecular complexity index is 1210. The molecule has 192 valence electrons. The third-order valence-electron chi connectivity index (χ3n) is 6.72. The van der Waals surface area contributed by atoms with Crippen molar-refractivity contribution in [1.29, 1.82) is 0 Å². The number of hydrogen-bond acceptors (Lipinski definition) is 4. The number of benzene rings is 3. The minimum atomic E-state index is 0.802. The number of ether oxygens (including phenoxy) is 2. The average Bonchev–Trinajstić information content (AvgIpc) is 2.97. The first-order valence-electron chi connectivity index (χ1n) is 13.3. The van der Waals surface area contributed by atoms with Crippen molar-refractivity contribution in [3.05, 3.63) is 84.9 Å². The summed E-state index contributed by atoms with van der Waals surface area (Å²) in [7, 11) is 3.40. The van der Waals surface area contributed by atoms with Gasteiger partial charge in [0, 0.05) is 29.9 Å². The van der Waals surface area contributed by atoms with Crippen molar-refractivity contribution in [3.8, 4) is 45.1 Å². The first kappa shape index (κ1) is 26.3. The molecule has 0 atom stereocenters. The Balaban J connectivity index is 1.79. The van der Waals surface area contributed by atoms with Gasteiger partial charge in [0.1, 0.15) is 11.5 Å². The van der Waals surface area contributed by atoms with Gasteiger partial charge in [0.15, 0.2) is 0 Å². The van der Waals surface area contributed by atoms with E-state index in [0.717, 1.165) is 58.2 Å². The number of hydrogen-bond donors (Lipinski definition) is 0. The molecule has 4 aromatic rings. The van der Waals surface area contributed by atoms with Gasteiger partial charge in [-0.1, -0.05) is 63.1 Å². The summed E-state index contributed by atoms with van der Waals surface area (Å²) in [4.78, 5) is 7.58.